The average molecular weight is 368 g/mol. The van der Waals surface area contributed by atoms with Crippen LogP contribution in [0.25, 0.3) is 0 Å². The first kappa shape index (κ1) is 17.5. The summed E-state index contributed by atoms with van der Waals surface area (Å²) in [5.41, 5.74) is 1.73. The van der Waals surface area contributed by atoms with Crippen LogP contribution in [-0.2, 0) is 19.1 Å². The Hall–Kier alpha value is -2.90. The summed E-state index contributed by atoms with van der Waals surface area (Å²) >= 11 is 0. The van der Waals surface area contributed by atoms with E-state index in [2.05, 4.69) is 10.6 Å². The Morgan fingerprint density at radius 2 is 1.70 bits per heavy atom. The number of ether oxygens (including phenoxy) is 3. The van der Waals surface area contributed by atoms with Gasteiger partial charge >= 0.3 is 0 Å². The molecular weight excluding hydrogens is 348 g/mol. The summed E-state index contributed by atoms with van der Waals surface area (Å²) in [6.45, 7) is 0.914. The minimum absolute atomic E-state index is 0.156. The van der Waals surface area contributed by atoms with Gasteiger partial charge in [-0.1, -0.05) is 42.5 Å². The van der Waals surface area contributed by atoms with Crippen molar-refractivity contribution >= 4 is 11.8 Å². The normalized spacial score (nSPS) is 22.0. The Balaban J connectivity index is 1.41. The topological polar surface area (TPSA) is 85.9 Å². The number of hydrogen-bond acceptors (Lipinski definition) is 5. The van der Waals surface area contributed by atoms with E-state index in [0.29, 0.717) is 19.0 Å². The molecule has 2 aromatic carbocycles. The van der Waals surface area contributed by atoms with E-state index in [1.165, 1.54) is 0 Å². The first-order chi connectivity index (χ1) is 13.2. The van der Waals surface area contributed by atoms with Gasteiger partial charge in [-0.3, -0.25) is 9.59 Å². The van der Waals surface area contributed by atoms with Gasteiger partial charge in [0.15, 0.2) is 12.9 Å². The molecule has 2 atom stereocenters. The van der Waals surface area contributed by atoms with Crippen LogP contribution in [0.2, 0.25) is 0 Å². The monoisotopic (exact) mass is 368 g/mol. The summed E-state index contributed by atoms with van der Waals surface area (Å²) in [5.74, 6) is 0.0220. The van der Waals surface area contributed by atoms with Crippen molar-refractivity contribution in [1.29, 1.82) is 0 Å². The zero-order valence-corrected chi connectivity index (χ0v) is 14.6. The second-order valence-electron chi connectivity index (χ2n) is 6.34. The molecule has 0 radical (unpaired) electrons. The van der Waals surface area contributed by atoms with Crippen molar-refractivity contribution in [2.45, 2.75) is 18.4 Å². The number of carbonyl (C=O) groups excluding carboxylic acids is 2. The van der Waals surface area contributed by atoms with Crippen LogP contribution in [-0.4, -0.2) is 37.7 Å². The molecule has 0 aromatic heterocycles. The highest BCUT2D eigenvalue weighted by Gasteiger charge is 2.43. The van der Waals surface area contributed by atoms with Gasteiger partial charge in [-0.05, 0) is 17.7 Å². The SMILES string of the molecule is O=C(COc1ccccc1)N[C@@H]1C(=O)N[C@@H]1c1ccccc1C1OCCO1. The van der Waals surface area contributed by atoms with Crippen molar-refractivity contribution in [3.05, 3.63) is 65.7 Å². The maximum atomic E-state index is 12.2. The second kappa shape index (κ2) is 7.77. The molecule has 0 aliphatic carbocycles. The van der Waals surface area contributed by atoms with E-state index in [0.717, 1.165) is 11.1 Å². The zero-order valence-electron chi connectivity index (χ0n) is 14.6. The molecule has 7 nitrogen and oxygen atoms in total. The number of hydrogen-bond donors (Lipinski definition) is 2. The maximum absolute atomic E-state index is 12.2. The number of amides is 2. The summed E-state index contributed by atoms with van der Waals surface area (Å²) in [4.78, 5) is 24.2. The third kappa shape index (κ3) is 3.79. The minimum atomic E-state index is -0.653. The molecule has 27 heavy (non-hydrogen) atoms. The van der Waals surface area contributed by atoms with E-state index in [9.17, 15) is 9.59 Å². The van der Waals surface area contributed by atoms with Gasteiger partial charge in [-0.15, -0.1) is 0 Å². The summed E-state index contributed by atoms with van der Waals surface area (Å²) in [6.07, 6.45) is -0.448. The molecule has 0 bridgehead atoms. The molecule has 2 N–H and O–H groups in total. The molecular formula is C20H20N2O5. The van der Waals surface area contributed by atoms with Gasteiger partial charge in [0.1, 0.15) is 11.8 Å². The fourth-order valence-corrected chi connectivity index (χ4v) is 3.22. The Labute approximate surface area is 156 Å². The van der Waals surface area contributed by atoms with Crippen molar-refractivity contribution in [3.63, 3.8) is 0 Å². The number of nitrogens with one attached hydrogen (secondary N) is 2. The van der Waals surface area contributed by atoms with Crippen molar-refractivity contribution in [2.24, 2.45) is 0 Å². The molecule has 7 heteroatoms. The molecule has 0 spiro atoms. The van der Waals surface area contributed by atoms with Crippen LogP contribution in [0, 0.1) is 0 Å². The van der Waals surface area contributed by atoms with Crippen LogP contribution in [0.15, 0.2) is 54.6 Å². The predicted octanol–water partition coefficient (Wildman–Crippen LogP) is 1.47. The number of carbonyl (C=O) groups is 2. The molecule has 2 aliphatic heterocycles. The number of para-hydroxylation sites is 1. The Bertz CT molecular complexity index is 820. The number of benzene rings is 2. The standard InChI is InChI=1S/C20H20N2O5/c23-16(12-27-13-6-2-1-3-7-13)21-18-17(22-19(18)24)14-8-4-5-9-15(14)20-25-10-11-26-20/h1-9,17-18,20H,10-12H2,(H,21,23)(H,22,24)/t17-,18+/m1/s1. The van der Waals surface area contributed by atoms with Gasteiger partial charge in [0, 0.05) is 5.56 Å². The fourth-order valence-electron chi connectivity index (χ4n) is 3.22. The van der Waals surface area contributed by atoms with E-state index in [-0.39, 0.29) is 24.5 Å². The van der Waals surface area contributed by atoms with Crippen LogP contribution >= 0.6 is 0 Å². The lowest BCUT2D eigenvalue weighted by molar-refractivity contribution is -0.137. The molecule has 2 aromatic rings. The largest absolute Gasteiger partial charge is 0.484 e. The fraction of sp³-hybridized carbons (Fsp3) is 0.300. The third-order valence-electron chi connectivity index (χ3n) is 4.55. The van der Waals surface area contributed by atoms with E-state index in [4.69, 9.17) is 14.2 Å². The maximum Gasteiger partial charge on any atom is 0.258 e. The lowest BCUT2D eigenvalue weighted by Gasteiger charge is -2.38. The highest BCUT2D eigenvalue weighted by molar-refractivity contribution is 5.94. The molecule has 2 saturated heterocycles. The first-order valence-corrected chi connectivity index (χ1v) is 8.82. The van der Waals surface area contributed by atoms with Gasteiger partial charge < -0.3 is 24.8 Å². The van der Waals surface area contributed by atoms with Crippen molar-refractivity contribution in [2.75, 3.05) is 19.8 Å². The Morgan fingerprint density at radius 3 is 2.41 bits per heavy atom. The molecule has 0 saturated carbocycles. The Kier molecular flexibility index (Phi) is 5.04. The molecule has 2 aliphatic rings. The Morgan fingerprint density at radius 1 is 1.04 bits per heavy atom. The van der Waals surface area contributed by atoms with Crippen LogP contribution < -0.4 is 15.4 Å². The highest BCUT2D eigenvalue weighted by atomic mass is 16.7. The van der Waals surface area contributed by atoms with Crippen molar-refractivity contribution in [1.82, 2.24) is 10.6 Å². The highest BCUT2D eigenvalue weighted by Crippen LogP contribution is 2.34. The van der Waals surface area contributed by atoms with E-state index < -0.39 is 12.3 Å². The molecule has 2 fully saturated rings. The minimum Gasteiger partial charge on any atom is -0.484 e. The summed E-state index contributed by atoms with van der Waals surface area (Å²) in [6, 6.07) is 15.7. The van der Waals surface area contributed by atoms with Crippen LogP contribution in [0.3, 0.4) is 0 Å². The lowest BCUT2D eigenvalue weighted by atomic mass is 9.88. The second-order valence-corrected chi connectivity index (χ2v) is 6.34. The van der Waals surface area contributed by atoms with Gasteiger partial charge in [-0.25, -0.2) is 0 Å². The van der Waals surface area contributed by atoms with E-state index in [1.807, 2.05) is 42.5 Å². The smallest absolute Gasteiger partial charge is 0.258 e. The zero-order chi connectivity index (χ0) is 18.6. The van der Waals surface area contributed by atoms with Gasteiger partial charge in [0.2, 0.25) is 5.91 Å². The average Bonchev–Trinajstić information content (AvgIpc) is 3.24. The van der Waals surface area contributed by atoms with Crippen molar-refractivity contribution in [3.8, 4) is 5.75 Å². The lowest BCUT2D eigenvalue weighted by Crippen LogP contribution is -2.64. The van der Waals surface area contributed by atoms with Gasteiger partial charge in [0.05, 0.1) is 19.3 Å². The van der Waals surface area contributed by atoms with Gasteiger partial charge in [-0.2, -0.15) is 0 Å². The molecule has 4 rings (SSSR count). The number of rotatable bonds is 6. The van der Waals surface area contributed by atoms with Crippen LogP contribution in [0.1, 0.15) is 23.5 Å². The number of β-lactam (4-membered cyclic amide) rings is 1. The molecule has 140 valence electrons. The summed E-state index contributed by atoms with van der Waals surface area (Å²) in [7, 11) is 0. The predicted molar refractivity (Wildman–Crippen MR) is 95.8 cm³/mol. The molecule has 2 amide bonds. The summed E-state index contributed by atoms with van der Waals surface area (Å²) in [5, 5.41) is 5.59. The van der Waals surface area contributed by atoms with Crippen LogP contribution in [0.4, 0.5) is 0 Å². The third-order valence-corrected chi connectivity index (χ3v) is 4.55. The molecule has 2 heterocycles. The molecule has 0 unspecified atom stereocenters. The van der Waals surface area contributed by atoms with Crippen molar-refractivity contribution < 1.29 is 23.8 Å². The quantitative estimate of drug-likeness (QED) is 0.754. The van der Waals surface area contributed by atoms with Gasteiger partial charge in [0.25, 0.3) is 5.91 Å². The summed E-state index contributed by atoms with van der Waals surface area (Å²) < 4.78 is 16.6. The van der Waals surface area contributed by atoms with E-state index >= 15 is 0 Å². The first-order valence-electron chi connectivity index (χ1n) is 8.82. The van der Waals surface area contributed by atoms with E-state index in [1.54, 1.807) is 12.1 Å². The van der Waals surface area contributed by atoms with Crippen LogP contribution in [0.5, 0.6) is 5.75 Å².